The van der Waals surface area contributed by atoms with E-state index in [1.54, 1.807) is 0 Å². The Hall–Kier alpha value is -2.49. The number of alkyl halides is 12. The van der Waals surface area contributed by atoms with E-state index in [2.05, 4.69) is 0 Å². The molecule has 42 heavy (non-hydrogen) atoms. The summed E-state index contributed by atoms with van der Waals surface area (Å²) in [6, 6.07) is 0.754. The van der Waals surface area contributed by atoms with Crippen molar-refractivity contribution in [3.63, 3.8) is 0 Å². The summed E-state index contributed by atoms with van der Waals surface area (Å²) < 4.78 is 187. The van der Waals surface area contributed by atoms with Crippen LogP contribution in [0.4, 0.5) is 61.5 Å². The lowest BCUT2D eigenvalue weighted by Crippen LogP contribution is -2.21. The Morgan fingerprint density at radius 1 is 0.905 bits per heavy atom. The van der Waals surface area contributed by atoms with E-state index in [4.69, 9.17) is 11.6 Å². The van der Waals surface area contributed by atoms with Crippen LogP contribution < -0.4 is 0 Å². The molecule has 2 rings (SSSR count). The Bertz CT molecular complexity index is 1310. The molecular formula is C25H17ClF14OS. The summed E-state index contributed by atoms with van der Waals surface area (Å²) in [7, 11) is 0. The molecule has 2 aromatic carbocycles. The highest BCUT2D eigenvalue weighted by Crippen LogP contribution is 2.44. The first kappa shape index (κ1) is 35.7. The van der Waals surface area contributed by atoms with Gasteiger partial charge in [0.1, 0.15) is 17.6 Å². The quantitative estimate of drug-likeness (QED) is 0.196. The van der Waals surface area contributed by atoms with E-state index in [1.807, 2.05) is 0 Å². The molecular weight excluding hydrogens is 650 g/mol. The normalized spacial score (nSPS) is 15.1. The van der Waals surface area contributed by atoms with E-state index in [1.165, 1.54) is 6.92 Å². The van der Waals surface area contributed by atoms with Crippen molar-refractivity contribution in [1.29, 1.82) is 0 Å². The Morgan fingerprint density at radius 3 is 1.98 bits per heavy atom. The third-order valence-corrected chi connectivity index (χ3v) is 7.20. The van der Waals surface area contributed by atoms with Gasteiger partial charge in [-0.25, -0.2) is 8.78 Å². The van der Waals surface area contributed by atoms with Crippen LogP contribution in [-0.2, 0) is 12.4 Å². The number of carbonyl (C=O) groups is 1. The molecule has 0 saturated heterocycles. The summed E-state index contributed by atoms with van der Waals surface area (Å²) in [4.78, 5) is 12.5. The van der Waals surface area contributed by atoms with Crippen LogP contribution in [0.3, 0.4) is 0 Å². The van der Waals surface area contributed by atoms with Crippen LogP contribution in [-0.4, -0.2) is 29.6 Å². The number of halogens is 15. The van der Waals surface area contributed by atoms with Crippen molar-refractivity contribution in [2.24, 2.45) is 5.92 Å². The van der Waals surface area contributed by atoms with E-state index >= 15 is 0 Å². The molecule has 0 saturated carbocycles. The standard InChI is InChI=1S/C25H17ClF14OS/c1-11(9-42-10-22(29,30)31)4-20(41)14-3-2-12(5-16(14)24(35,36)37)18(27)8-15(23(32,33)34)13-6-17(25(38,39)40)21(26)19(28)7-13/h2-3,5-8,11,15H,4,9-10H2,1H3/b18-8-/t11-,15?/m0/s1. The molecule has 234 valence electrons. The van der Waals surface area contributed by atoms with E-state index in [-0.39, 0.29) is 30.0 Å². The van der Waals surface area contributed by atoms with Crippen LogP contribution in [0.1, 0.15) is 51.9 Å². The van der Waals surface area contributed by atoms with Crippen molar-refractivity contribution >= 4 is 35.0 Å². The predicted octanol–water partition coefficient (Wildman–Crippen LogP) is 10.7. The van der Waals surface area contributed by atoms with Gasteiger partial charge in [-0.1, -0.05) is 30.7 Å². The number of carbonyl (C=O) groups excluding carboxylic acids is 1. The first-order valence-electron chi connectivity index (χ1n) is 11.3. The third-order valence-electron chi connectivity index (χ3n) is 5.48. The fourth-order valence-corrected chi connectivity index (χ4v) is 4.74. The first-order chi connectivity index (χ1) is 18.9. The minimum Gasteiger partial charge on any atom is -0.294 e. The van der Waals surface area contributed by atoms with Gasteiger partial charge in [-0.15, -0.1) is 0 Å². The number of thioether (sulfide) groups is 1. The maximum absolute atomic E-state index is 14.9. The van der Waals surface area contributed by atoms with Gasteiger partial charge < -0.3 is 0 Å². The molecule has 0 aromatic heterocycles. The summed E-state index contributed by atoms with van der Waals surface area (Å²) >= 11 is 5.59. The number of Topliss-reactive ketones (excluding diaryl/α,β-unsaturated/α-hetero) is 1. The summed E-state index contributed by atoms with van der Waals surface area (Å²) in [5.74, 6) is -10.7. The molecule has 0 aliphatic rings. The second-order valence-corrected chi connectivity index (χ2v) is 10.4. The first-order valence-corrected chi connectivity index (χ1v) is 12.8. The zero-order valence-corrected chi connectivity index (χ0v) is 22.3. The Kier molecular flexibility index (Phi) is 11.1. The molecule has 2 aromatic rings. The molecule has 0 bridgehead atoms. The Labute approximate surface area is 237 Å². The van der Waals surface area contributed by atoms with Crippen LogP contribution in [0.25, 0.3) is 5.83 Å². The maximum Gasteiger partial charge on any atom is 0.417 e. The number of benzene rings is 2. The molecule has 0 N–H and O–H groups in total. The highest BCUT2D eigenvalue weighted by molar-refractivity contribution is 7.99. The van der Waals surface area contributed by atoms with Crippen LogP contribution in [0.15, 0.2) is 36.4 Å². The number of allylic oxidation sites excluding steroid dienone is 1. The molecule has 0 heterocycles. The van der Waals surface area contributed by atoms with Crippen LogP contribution in [0.2, 0.25) is 5.02 Å². The lowest BCUT2D eigenvalue weighted by atomic mass is 9.92. The van der Waals surface area contributed by atoms with Crippen molar-refractivity contribution in [3.8, 4) is 0 Å². The van der Waals surface area contributed by atoms with Gasteiger partial charge in [0, 0.05) is 17.5 Å². The third kappa shape index (κ3) is 9.78. The smallest absolute Gasteiger partial charge is 0.294 e. The molecule has 0 aliphatic heterocycles. The van der Waals surface area contributed by atoms with Gasteiger partial charge in [0.25, 0.3) is 0 Å². The van der Waals surface area contributed by atoms with Crippen molar-refractivity contribution in [2.45, 2.75) is 44.0 Å². The molecule has 1 unspecified atom stereocenters. The second kappa shape index (κ2) is 13.0. The van der Waals surface area contributed by atoms with Crippen LogP contribution in [0, 0.1) is 11.7 Å². The molecule has 0 spiro atoms. The van der Waals surface area contributed by atoms with E-state index in [0.29, 0.717) is 23.9 Å². The topological polar surface area (TPSA) is 17.1 Å². The number of ketones is 1. The van der Waals surface area contributed by atoms with E-state index < -0.39 is 99.0 Å². The van der Waals surface area contributed by atoms with Gasteiger partial charge in [-0.2, -0.15) is 64.4 Å². The molecule has 0 aliphatic carbocycles. The molecule has 17 heteroatoms. The Morgan fingerprint density at radius 2 is 1.48 bits per heavy atom. The summed E-state index contributed by atoms with van der Waals surface area (Å²) in [5.41, 5.74) is -7.41. The second-order valence-electron chi connectivity index (χ2n) is 9.02. The van der Waals surface area contributed by atoms with E-state index in [0.717, 1.165) is 0 Å². The number of hydrogen-bond donors (Lipinski definition) is 0. The van der Waals surface area contributed by atoms with Crippen molar-refractivity contribution in [2.75, 3.05) is 11.5 Å². The average Bonchev–Trinajstić information content (AvgIpc) is 2.80. The van der Waals surface area contributed by atoms with Gasteiger partial charge >= 0.3 is 24.7 Å². The molecule has 1 nitrogen and oxygen atoms in total. The van der Waals surface area contributed by atoms with Gasteiger partial charge in [-0.05, 0) is 41.5 Å². The average molecular weight is 667 g/mol. The lowest BCUT2D eigenvalue weighted by Gasteiger charge is -2.20. The van der Waals surface area contributed by atoms with Gasteiger partial charge in [0.15, 0.2) is 5.78 Å². The highest BCUT2D eigenvalue weighted by Gasteiger charge is 2.43. The highest BCUT2D eigenvalue weighted by atomic mass is 35.5. The summed E-state index contributed by atoms with van der Waals surface area (Å²) in [5, 5.41) is -1.56. The fourth-order valence-electron chi connectivity index (χ4n) is 3.65. The van der Waals surface area contributed by atoms with Crippen molar-refractivity contribution < 1.29 is 66.3 Å². The predicted molar refractivity (Wildman–Crippen MR) is 127 cm³/mol. The number of rotatable bonds is 9. The largest absolute Gasteiger partial charge is 0.417 e. The van der Waals surface area contributed by atoms with Crippen molar-refractivity contribution in [3.05, 3.63) is 75.1 Å². The minimum absolute atomic E-state index is 0.000835. The minimum atomic E-state index is -5.55. The molecule has 0 amide bonds. The van der Waals surface area contributed by atoms with Gasteiger partial charge in [-0.3, -0.25) is 4.79 Å². The molecule has 0 fully saturated rings. The summed E-state index contributed by atoms with van der Waals surface area (Å²) in [6.45, 7) is 1.30. The van der Waals surface area contributed by atoms with Gasteiger partial charge in [0.05, 0.1) is 21.9 Å². The van der Waals surface area contributed by atoms with E-state index in [9.17, 15) is 66.3 Å². The molecule has 0 radical (unpaired) electrons. The van der Waals surface area contributed by atoms with Crippen LogP contribution >= 0.6 is 23.4 Å². The fraction of sp³-hybridized carbons (Fsp3) is 0.400. The molecule has 2 atom stereocenters. The SMILES string of the molecule is C[C@H](CSCC(F)(F)F)CC(=O)c1ccc(/C(F)=C/C(c2cc(F)c(Cl)c(C(F)(F)F)c2)C(F)(F)F)cc1C(F)(F)F. The zero-order chi connectivity index (χ0) is 32.4. The lowest BCUT2D eigenvalue weighted by molar-refractivity contribution is -0.142. The van der Waals surface area contributed by atoms with Crippen molar-refractivity contribution in [1.82, 2.24) is 0 Å². The van der Waals surface area contributed by atoms with Crippen LogP contribution in [0.5, 0.6) is 0 Å². The Balaban J connectivity index is 2.49. The number of hydrogen-bond acceptors (Lipinski definition) is 2. The maximum atomic E-state index is 14.9. The monoisotopic (exact) mass is 666 g/mol. The van der Waals surface area contributed by atoms with Gasteiger partial charge in [0.2, 0.25) is 0 Å². The zero-order valence-electron chi connectivity index (χ0n) is 20.7. The summed E-state index contributed by atoms with van der Waals surface area (Å²) in [6.07, 6.45) is -21.8.